The molecule has 1 heterocycles. The van der Waals surface area contributed by atoms with Crippen LogP contribution in [0.25, 0.3) is 0 Å². The monoisotopic (exact) mass is 420 g/mol. The molecule has 2 N–H and O–H groups in total. The van der Waals surface area contributed by atoms with Crippen molar-refractivity contribution in [2.24, 2.45) is 0 Å². The summed E-state index contributed by atoms with van der Waals surface area (Å²) < 4.78 is 5.39. The minimum absolute atomic E-state index is 0.0420. The van der Waals surface area contributed by atoms with Crippen LogP contribution < -0.4 is 5.32 Å². The topological polar surface area (TPSA) is 119 Å². The van der Waals surface area contributed by atoms with Gasteiger partial charge in [0.15, 0.2) is 0 Å². The lowest BCUT2D eigenvalue weighted by atomic mass is 9.80. The number of benzene rings is 1. The van der Waals surface area contributed by atoms with E-state index in [0.717, 1.165) is 0 Å². The molecule has 0 spiro atoms. The number of ether oxygens (including phenoxy) is 1. The Labute approximate surface area is 173 Å². The summed E-state index contributed by atoms with van der Waals surface area (Å²) in [6, 6.07) is 5.66. The van der Waals surface area contributed by atoms with E-state index in [1.807, 2.05) is 13.8 Å². The summed E-state index contributed by atoms with van der Waals surface area (Å²) in [6.45, 7) is 7.51. The number of carbonyl (C=O) groups is 2. The molecular formula is C20H24N2O6S. The summed E-state index contributed by atoms with van der Waals surface area (Å²) in [5.41, 5.74) is 1.11. The van der Waals surface area contributed by atoms with E-state index in [4.69, 9.17) is 4.74 Å². The molecule has 0 saturated heterocycles. The molecule has 0 fully saturated rings. The van der Waals surface area contributed by atoms with Gasteiger partial charge in [0.05, 0.1) is 22.0 Å². The summed E-state index contributed by atoms with van der Waals surface area (Å²) in [7, 11) is 0. The molecule has 1 aliphatic heterocycles. The van der Waals surface area contributed by atoms with Crippen molar-refractivity contribution in [1.82, 2.24) is 5.32 Å². The molecule has 0 aromatic heterocycles. The number of nitrogens with zero attached hydrogens (tertiary/aromatic N) is 1. The van der Waals surface area contributed by atoms with Crippen LogP contribution in [0.4, 0.5) is 5.69 Å². The van der Waals surface area contributed by atoms with Gasteiger partial charge >= 0.3 is 11.9 Å². The van der Waals surface area contributed by atoms with Crippen molar-refractivity contribution in [3.63, 3.8) is 0 Å². The quantitative estimate of drug-likeness (QED) is 0.283. The molecule has 1 unspecified atom stereocenters. The first-order valence-electron chi connectivity index (χ1n) is 9.08. The molecule has 0 bridgehead atoms. The fraction of sp³-hybridized carbons (Fsp3) is 0.400. The molecule has 0 aliphatic carbocycles. The Bertz CT molecular complexity index is 891. The lowest BCUT2D eigenvalue weighted by Crippen LogP contribution is -2.32. The number of thioether (sulfide) groups is 1. The van der Waals surface area contributed by atoms with E-state index >= 15 is 0 Å². The first-order valence-corrected chi connectivity index (χ1v) is 10.1. The molecule has 9 heteroatoms. The summed E-state index contributed by atoms with van der Waals surface area (Å²) in [6.07, 6.45) is 0. The maximum absolute atomic E-state index is 12.9. The van der Waals surface area contributed by atoms with Crippen LogP contribution >= 0.6 is 11.8 Å². The number of carboxylic acids is 1. The Hall–Kier alpha value is -2.81. The predicted molar refractivity (Wildman–Crippen MR) is 111 cm³/mol. The average Bonchev–Trinajstić information content (AvgIpc) is 2.64. The van der Waals surface area contributed by atoms with E-state index in [9.17, 15) is 24.8 Å². The number of carbonyl (C=O) groups excluding carboxylic acids is 1. The number of esters is 1. The fourth-order valence-corrected chi connectivity index (χ4v) is 3.85. The number of dihydropyridines is 1. The molecule has 8 nitrogen and oxygen atoms in total. The van der Waals surface area contributed by atoms with Crippen molar-refractivity contribution in [1.29, 1.82) is 0 Å². The second-order valence-corrected chi connectivity index (χ2v) is 8.53. The van der Waals surface area contributed by atoms with E-state index in [1.54, 1.807) is 31.7 Å². The van der Waals surface area contributed by atoms with Gasteiger partial charge in [-0.2, -0.15) is 11.8 Å². The highest BCUT2D eigenvalue weighted by Crippen LogP contribution is 2.39. The van der Waals surface area contributed by atoms with Crippen LogP contribution in [-0.2, 0) is 14.3 Å². The number of carboxylic acid groups (broad SMARTS) is 1. The number of non-ortho nitro benzene ring substituents is 1. The first-order chi connectivity index (χ1) is 13.6. The van der Waals surface area contributed by atoms with Crippen LogP contribution in [-0.4, -0.2) is 39.6 Å². The summed E-state index contributed by atoms with van der Waals surface area (Å²) in [5, 5.41) is 24.3. The Morgan fingerprint density at radius 1 is 1.28 bits per heavy atom. The molecule has 0 radical (unpaired) electrons. The molecular weight excluding hydrogens is 396 g/mol. The smallest absolute Gasteiger partial charge is 0.336 e. The van der Waals surface area contributed by atoms with Gasteiger partial charge in [0.25, 0.3) is 5.69 Å². The van der Waals surface area contributed by atoms with Gasteiger partial charge in [0.2, 0.25) is 0 Å². The van der Waals surface area contributed by atoms with Crippen molar-refractivity contribution in [3.8, 4) is 0 Å². The Balaban J connectivity index is 2.45. The Morgan fingerprint density at radius 2 is 1.93 bits per heavy atom. The zero-order valence-electron chi connectivity index (χ0n) is 16.7. The third-order valence-electron chi connectivity index (χ3n) is 4.39. The number of hydrogen-bond donors (Lipinski definition) is 2. The molecule has 29 heavy (non-hydrogen) atoms. The van der Waals surface area contributed by atoms with Gasteiger partial charge in [-0.25, -0.2) is 9.59 Å². The maximum Gasteiger partial charge on any atom is 0.336 e. The third kappa shape index (κ3) is 5.38. The lowest BCUT2D eigenvalue weighted by molar-refractivity contribution is -0.384. The van der Waals surface area contributed by atoms with Crippen LogP contribution in [0, 0.1) is 10.1 Å². The summed E-state index contributed by atoms with van der Waals surface area (Å²) in [5.74, 6) is -2.20. The van der Waals surface area contributed by atoms with E-state index in [0.29, 0.717) is 28.0 Å². The molecule has 1 aliphatic rings. The van der Waals surface area contributed by atoms with Crippen molar-refractivity contribution in [3.05, 3.63) is 62.5 Å². The van der Waals surface area contributed by atoms with E-state index in [2.05, 4.69) is 5.32 Å². The largest absolute Gasteiger partial charge is 0.478 e. The molecule has 1 atom stereocenters. The molecule has 0 amide bonds. The normalized spacial score (nSPS) is 16.7. The number of hydrogen-bond acceptors (Lipinski definition) is 7. The summed E-state index contributed by atoms with van der Waals surface area (Å²) >= 11 is 1.64. The SMILES string of the molecule is CC1=C(C(=O)O)C(c2cccc([N+](=O)[O-])c2)C(C(=O)OCCSC(C)C)=C(C)N1. The zero-order chi connectivity index (χ0) is 21.7. The molecule has 1 aromatic carbocycles. The number of allylic oxidation sites excluding steroid dienone is 2. The highest BCUT2D eigenvalue weighted by molar-refractivity contribution is 7.99. The van der Waals surface area contributed by atoms with Gasteiger partial charge in [0.1, 0.15) is 6.61 Å². The first kappa shape index (κ1) is 22.5. The minimum atomic E-state index is -1.21. The van der Waals surface area contributed by atoms with Gasteiger partial charge < -0.3 is 15.2 Å². The van der Waals surface area contributed by atoms with Crippen molar-refractivity contribution in [2.75, 3.05) is 12.4 Å². The Morgan fingerprint density at radius 3 is 2.52 bits per heavy atom. The lowest BCUT2D eigenvalue weighted by Gasteiger charge is -2.29. The number of nitro groups is 1. The highest BCUT2D eigenvalue weighted by atomic mass is 32.2. The highest BCUT2D eigenvalue weighted by Gasteiger charge is 2.37. The minimum Gasteiger partial charge on any atom is -0.478 e. The van der Waals surface area contributed by atoms with Crippen molar-refractivity contribution in [2.45, 2.75) is 38.9 Å². The molecule has 1 aromatic rings. The number of nitro benzene ring substituents is 1. The summed E-state index contributed by atoms with van der Waals surface area (Å²) in [4.78, 5) is 35.4. The van der Waals surface area contributed by atoms with Gasteiger partial charge in [-0.3, -0.25) is 10.1 Å². The van der Waals surface area contributed by atoms with Crippen molar-refractivity contribution >= 4 is 29.4 Å². The van der Waals surface area contributed by atoms with Crippen LogP contribution in [0.15, 0.2) is 46.8 Å². The number of nitrogens with one attached hydrogen (secondary N) is 1. The fourth-order valence-electron chi connectivity index (χ4n) is 3.20. The molecule has 2 rings (SSSR count). The standard InChI is InChI=1S/C20H24N2O6S/c1-11(2)29-9-8-28-20(25)17-13(4)21-12(3)16(19(23)24)18(17)14-6-5-7-15(10-14)22(26)27/h5-7,10-11,18,21H,8-9H2,1-4H3,(H,23,24). The van der Waals surface area contributed by atoms with Crippen LogP contribution in [0.1, 0.15) is 39.2 Å². The second kappa shape index (κ2) is 9.60. The average molecular weight is 420 g/mol. The van der Waals surface area contributed by atoms with Gasteiger partial charge in [-0.1, -0.05) is 26.0 Å². The van der Waals surface area contributed by atoms with Gasteiger partial charge in [-0.05, 0) is 24.7 Å². The predicted octanol–water partition coefficient (Wildman–Crippen LogP) is 3.60. The van der Waals surface area contributed by atoms with Gasteiger partial charge in [0, 0.05) is 29.3 Å². The van der Waals surface area contributed by atoms with Crippen molar-refractivity contribution < 1.29 is 24.4 Å². The third-order valence-corrected chi connectivity index (χ3v) is 5.46. The number of aliphatic carboxylic acids is 1. The van der Waals surface area contributed by atoms with Crippen LogP contribution in [0.5, 0.6) is 0 Å². The van der Waals surface area contributed by atoms with E-state index in [-0.39, 0.29) is 23.4 Å². The Kier molecular flexibility index (Phi) is 7.44. The van der Waals surface area contributed by atoms with Crippen LogP contribution in [0.3, 0.4) is 0 Å². The second-order valence-electron chi connectivity index (χ2n) is 6.85. The van der Waals surface area contributed by atoms with Gasteiger partial charge in [-0.15, -0.1) is 0 Å². The van der Waals surface area contributed by atoms with Crippen LogP contribution in [0.2, 0.25) is 0 Å². The molecule has 156 valence electrons. The van der Waals surface area contributed by atoms with E-state index in [1.165, 1.54) is 18.2 Å². The number of rotatable bonds is 8. The molecule has 0 saturated carbocycles. The van der Waals surface area contributed by atoms with E-state index < -0.39 is 22.8 Å². The zero-order valence-corrected chi connectivity index (χ0v) is 17.5. The maximum atomic E-state index is 12.9.